The predicted octanol–water partition coefficient (Wildman–Crippen LogP) is 2.64. The van der Waals surface area contributed by atoms with Gasteiger partial charge in [0.15, 0.2) is 12.4 Å². The molecule has 5 aliphatic carbocycles. The summed E-state index contributed by atoms with van der Waals surface area (Å²) < 4.78 is 29.3. The topological polar surface area (TPSA) is 242 Å². The predicted molar refractivity (Wildman–Crippen MR) is 218 cm³/mol. The smallest absolute Gasteiger partial charge is 0.338 e. The van der Waals surface area contributed by atoms with Crippen LogP contribution in [0.4, 0.5) is 0 Å². The highest BCUT2D eigenvalue weighted by Gasteiger charge is 2.72. The molecule has 15 nitrogen and oxygen atoms in total. The summed E-state index contributed by atoms with van der Waals surface area (Å²) in [5.41, 5.74) is -2.61. The maximum Gasteiger partial charge on any atom is 0.338 e. The van der Waals surface area contributed by atoms with E-state index in [0.717, 1.165) is 37.7 Å². The Bertz CT molecular complexity index is 1670. The van der Waals surface area contributed by atoms with Crippen molar-refractivity contribution in [2.45, 2.75) is 199 Å². The van der Waals surface area contributed by atoms with Gasteiger partial charge in [0, 0.05) is 5.92 Å². The molecular weight excluding hydrogens is 792 g/mol. The summed E-state index contributed by atoms with van der Waals surface area (Å²) in [5.74, 6) is -1.78. The number of aliphatic hydroxyl groups excluding tert-OH is 7. The number of ether oxygens (including phenoxy) is 5. The van der Waals surface area contributed by atoms with Crippen molar-refractivity contribution in [3.05, 3.63) is 11.6 Å². The molecule has 2 aliphatic heterocycles. The van der Waals surface area contributed by atoms with E-state index >= 15 is 0 Å². The van der Waals surface area contributed by atoms with E-state index < -0.39 is 114 Å². The minimum atomic E-state index is -1.74. The molecule has 15 heteroatoms. The molecule has 2 heterocycles. The van der Waals surface area contributed by atoms with Crippen LogP contribution in [0, 0.1) is 50.7 Å². The number of rotatable bonds is 9. The highest BCUT2D eigenvalue weighted by Crippen LogP contribution is 2.76. The molecule has 0 amide bonds. The number of hydrogen-bond donors (Lipinski definition) is 8. The third-order valence-corrected chi connectivity index (χ3v) is 18.3. The number of allylic oxidation sites excluding steroid dienone is 1. The van der Waals surface area contributed by atoms with Gasteiger partial charge in [-0.3, -0.25) is 4.79 Å². The normalized spacial score (nSPS) is 51.7. The van der Waals surface area contributed by atoms with Crippen molar-refractivity contribution in [1.82, 2.24) is 0 Å². The Morgan fingerprint density at radius 3 is 2.13 bits per heavy atom. The summed E-state index contributed by atoms with van der Waals surface area (Å²) >= 11 is 0. The Morgan fingerprint density at radius 1 is 0.787 bits per heavy atom. The lowest BCUT2D eigenvalue weighted by Crippen LogP contribution is -2.68. The molecule has 8 N–H and O–H groups in total. The molecule has 0 spiro atoms. The molecule has 7 rings (SSSR count). The van der Waals surface area contributed by atoms with Gasteiger partial charge in [-0.15, -0.1) is 0 Å². The van der Waals surface area contributed by atoms with Gasteiger partial charge in [-0.2, -0.15) is 0 Å². The molecular formula is C46H74O15. The Hall–Kier alpha value is -1.76. The third-order valence-electron chi connectivity index (χ3n) is 18.3. The average Bonchev–Trinajstić information content (AvgIpc) is 3.20. The molecule has 20 atom stereocenters. The fourth-order valence-corrected chi connectivity index (χ4v) is 14.2. The lowest BCUT2D eigenvalue weighted by molar-refractivity contribution is -0.324. The molecule has 0 aromatic carbocycles. The third kappa shape index (κ3) is 7.17. The summed E-state index contributed by atoms with van der Waals surface area (Å²) in [5, 5.41) is 86.6. The number of aliphatic hydroxyl groups is 8. The van der Waals surface area contributed by atoms with E-state index in [4.69, 9.17) is 23.7 Å². The van der Waals surface area contributed by atoms with Crippen LogP contribution in [-0.2, 0) is 33.3 Å². The number of hydrogen-bond acceptors (Lipinski definition) is 15. The van der Waals surface area contributed by atoms with Crippen molar-refractivity contribution < 1.29 is 74.1 Å². The highest BCUT2D eigenvalue weighted by molar-refractivity contribution is 5.79. The molecule has 0 unspecified atom stereocenters. The summed E-state index contributed by atoms with van der Waals surface area (Å²) in [6.07, 6.45) is -6.36. The quantitative estimate of drug-likeness (QED) is 0.0720. The maximum atomic E-state index is 14.7. The molecule has 348 valence electrons. The Morgan fingerprint density at radius 2 is 1.46 bits per heavy atom. The van der Waals surface area contributed by atoms with Gasteiger partial charge in [-0.05, 0) is 111 Å². The van der Waals surface area contributed by atoms with Gasteiger partial charge in [0.25, 0.3) is 0 Å². The van der Waals surface area contributed by atoms with Gasteiger partial charge in [0.2, 0.25) is 6.29 Å². The average molecular weight is 867 g/mol. The first kappa shape index (κ1) is 47.2. The van der Waals surface area contributed by atoms with Gasteiger partial charge in [0.05, 0.1) is 30.3 Å². The number of unbranched alkanes of at least 4 members (excludes halogenated alkanes) is 1. The Labute approximate surface area is 360 Å². The first-order valence-electron chi connectivity index (χ1n) is 22.9. The summed E-state index contributed by atoms with van der Waals surface area (Å²) in [6.45, 7) is 16.7. The molecule has 4 saturated carbocycles. The largest absolute Gasteiger partial charge is 0.464 e. The van der Waals surface area contributed by atoms with Crippen molar-refractivity contribution in [1.29, 1.82) is 0 Å². The molecule has 2 saturated heterocycles. The molecule has 61 heavy (non-hydrogen) atoms. The summed E-state index contributed by atoms with van der Waals surface area (Å²) in [4.78, 5) is 27.6. The van der Waals surface area contributed by atoms with E-state index in [1.807, 2.05) is 20.8 Å². The number of esters is 2. The van der Waals surface area contributed by atoms with Gasteiger partial charge < -0.3 is 64.5 Å². The Kier molecular flexibility index (Phi) is 12.8. The zero-order chi connectivity index (χ0) is 44.8. The monoisotopic (exact) mass is 867 g/mol. The van der Waals surface area contributed by atoms with Crippen LogP contribution in [0.25, 0.3) is 0 Å². The number of fused-ring (bicyclic) bond motifs is 7. The lowest BCUT2D eigenvalue weighted by atomic mass is 9.33. The molecule has 6 fully saturated rings. The van der Waals surface area contributed by atoms with Crippen LogP contribution in [0.3, 0.4) is 0 Å². The SMILES string of the molecule is CCCCOC(=O)[C@H]1O[C@@H](O[C@H]2CC[C@]3(C)[C@H]4CC=C5[C@H]6[C@](C(=O)O[C@@H]7O[C@H](CO)[C@@H](O)[C@H](O)[C@H]7O)(CC[C@@H](C)[C@@]6(C)O)CC[C@@]5(C)[C@]4(C)CC[C@H]3C2(C)C)[C@H](O)[C@@H](O)[C@@H]1O. The fraction of sp³-hybridized carbons (Fsp3) is 0.913. The van der Waals surface area contributed by atoms with Crippen molar-refractivity contribution in [2.75, 3.05) is 13.2 Å². The number of carbonyl (C=O) groups is 2. The van der Waals surface area contributed by atoms with E-state index in [0.29, 0.717) is 38.5 Å². The minimum absolute atomic E-state index is 0.137. The van der Waals surface area contributed by atoms with E-state index in [2.05, 4.69) is 40.7 Å². The van der Waals surface area contributed by atoms with Crippen LogP contribution < -0.4 is 0 Å². The second-order valence-corrected chi connectivity index (χ2v) is 21.6. The van der Waals surface area contributed by atoms with Crippen molar-refractivity contribution in [3.63, 3.8) is 0 Å². The zero-order valence-corrected chi connectivity index (χ0v) is 37.4. The van der Waals surface area contributed by atoms with Crippen molar-refractivity contribution in [2.24, 2.45) is 50.7 Å². The van der Waals surface area contributed by atoms with Crippen LogP contribution in [0.5, 0.6) is 0 Å². The zero-order valence-electron chi connectivity index (χ0n) is 37.4. The fourth-order valence-electron chi connectivity index (χ4n) is 14.2. The van der Waals surface area contributed by atoms with Crippen molar-refractivity contribution >= 4 is 11.9 Å². The highest BCUT2D eigenvalue weighted by atomic mass is 16.7. The van der Waals surface area contributed by atoms with Crippen LogP contribution in [0.2, 0.25) is 0 Å². The first-order valence-corrected chi connectivity index (χ1v) is 22.9. The summed E-state index contributed by atoms with van der Waals surface area (Å²) in [7, 11) is 0. The second kappa shape index (κ2) is 16.6. The molecule has 0 bridgehead atoms. The van der Waals surface area contributed by atoms with E-state index in [1.165, 1.54) is 0 Å². The van der Waals surface area contributed by atoms with E-state index in [-0.39, 0.29) is 35.2 Å². The molecule has 7 aliphatic rings. The molecule has 0 radical (unpaired) electrons. The van der Waals surface area contributed by atoms with Gasteiger partial charge >= 0.3 is 11.9 Å². The van der Waals surface area contributed by atoms with Crippen LogP contribution in [0.15, 0.2) is 11.6 Å². The lowest BCUT2D eigenvalue weighted by Gasteiger charge is -2.72. The van der Waals surface area contributed by atoms with Gasteiger partial charge in [0.1, 0.15) is 42.7 Å². The maximum absolute atomic E-state index is 14.7. The first-order chi connectivity index (χ1) is 28.5. The summed E-state index contributed by atoms with van der Waals surface area (Å²) in [6, 6.07) is 0. The molecule has 0 aromatic rings. The minimum Gasteiger partial charge on any atom is -0.464 e. The van der Waals surface area contributed by atoms with E-state index in [1.54, 1.807) is 0 Å². The second-order valence-electron chi connectivity index (χ2n) is 21.6. The number of carbonyl (C=O) groups excluding carboxylic acids is 2. The van der Waals surface area contributed by atoms with Gasteiger partial charge in [-0.25, -0.2) is 4.79 Å². The van der Waals surface area contributed by atoms with Crippen LogP contribution in [0.1, 0.15) is 126 Å². The van der Waals surface area contributed by atoms with E-state index in [9.17, 15) is 50.4 Å². The van der Waals surface area contributed by atoms with Crippen molar-refractivity contribution in [3.8, 4) is 0 Å². The standard InChI is InChI=1S/C46H74O15/c1-9-10-21-57-37(54)35-32(51)31(50)34(53)39(60-35)59-28-15-16-42(5)26(41(28,3)4)14-17-44(7)27(42)12-11-24-36-45(8,56)23(2)13-18-46(36,20-19-43(24,44)6)40(55)61-38-33(52)30(49)29(48)25(22-47)58-38/h11,23,25-36,38-39,47-53,56H,9-10,12-22H2,1-8H3/t23-,25-,26+,27-,28+,29-,30+,31+,32+,33-,34-,35+,36-,38+,39-,42+,43-,44-,45-,46+/m1/s1. The van der Waals surface area contributed by atoms with Crippen LogP contribution in [-0.4, -0.2) is 139 Å². The Balaban J connectivity index is 1.15. The van der Waals surface area contributed by atoms with Gasteiger partial charge in [-0.1, -0.05) is 66.5 Å². The van der Waals surface area contributed by atoms with Crippen LogP contribution >= 0.6 is 0 Å². The molecule has 0 aromatic heterocycles.